The average Bonchev–Trinajstić information content (AvgIpc) is 2.83. The number of piperidine rings is 2. The number of carbonyl (C=O) groups excluding carboxylic acids is 2. The quantitative estimate of drug-likeness (QED) is 0.557. The Morgan fingerprint density at radius 3 is 2.39 bits per heavy atom. The predicted octanol–water partition coefficient (Wildman–Crippen LogP) is 3.02. The van der Waals surface area contributed by atoms with Gasteiger partial charge in [0.1, 0.15) is 10.6 Å². The maximum Gasteiger partial charge on any atom is 0.309 e. The number of likely N-dealkylation sites (tertiary alicyclic amines) is 1. The number of hydrogen-bond acceptors (Lipinski definition) is 6. The second kappa shape index (κ2) is 10.9. The normalized spacial score (nSPS) is 20.6. The molecule has 0 aliphatic carbocycles. The molecule has 0 unspecified atom stereocenters. The third-order valence-corrected chi connectivity index (χ3v) is 8.52. The molecule has 33 heavy (non-hydrogen) atoms. The predicted molar refractivity (Wildman–Crippen MR) is 125 cm³/mol. The largest absolute Gasteiger partial charge is 0.495 e. The molecule has 2 fully saturated rings. The van der Waals surface area contributed by atoms with E-state index in [2.05, 4.69) is 0 Å². The van der Waals surface area contributed by atoms with Gasteiger partial charge in [-0.15, -0.1) is 0 Å². The van der Waals surface area contributed by atoms with Gasteiger partial charge in [0.05, 0.1) is 25.6 Å². The molecule has 1 aromatic rings. The molecule has 2 heterocycles. The van der Waals surface area contributed by atoms with Crippen LogP contribution in [0.25, 0.3) is 0 Å². The van der Waals surface area contributed by atoms with Crippen molar-refractivity contribution in [3.05, 3.63) is 23.8 Å². The summed E-state index contributed by atoms with van der Waals surface area (Å²) in [6.45, 7) is 7.70. The lowest BCUT2D eigenvalue weighted by Gasteiger charge is -2.37. The van der Waals surface area contributed by atoms with E-state index in [1.54, 1.807) is 24.0 Å². The number of rotatable bonds is 7. The lowest BCUT2D eigenvalue weighted by molar-refractivity contribution is -0.152. The van der Waals surface area contributed by atoms with E-state index in [1.165, 1.54) is 11.4 Å². The van der Waals surface area contributed by atoms with Gasteiger partial charge in [-0.3, -0.25) is 9.59 Å². The Morgan fingerprint density at radius 2 is 1.79 bits per heavy atom. The van der Waals surface area contributed by atoms with Crippen LogP contribution in [0.2, 0.25) is 0 Å². The minimum Gasteiger partial charge on any atom is -0.495 e. The van der Waals surface area contributed by atoms with Crippen LogP contribution < -0.4 is 4.74 Å². The second-order valence-electron chi connectivity index (χ2n) is 9.12. The molecule has 8 nitrogen and oxygen atoms in total. The fourth-order valence-electron chi connectivity index (χ4n) is 4.61. The third kappa shape index (κ3) is 5.69. The highest BCUT2D eigenvalue weighted by molar-refractivity contribution is 7.89. The Hall–Kier alpha value is -2.13. The van der Waals surface area contributed by atoms with Crippen LogP contribution in [0.1, 0.15) is 57.9 Å². The highest BCUT2D eigenvalue weighted by Gasteiger charge is 2.38. The Kier molecular flexibility index (Phi) is 8.39. The molecule has 1 aromatic carbocycles. The molecule has 0 bridgehead atoms. The fraction of sp³-hybridized carbons (Fsp3) is 0.667. The molecule has 0 N–H and O–H groups in total. The van der Waals surface area contributed by atoms with Gasteiger partial charge < -0.3 is 14.4 Å². The molecular formula is C24H36N2O6S. The molecule has 0 saturated carbocycles. The van der Waals surface area contributed by atoms with Crippen molar-refractivity contribution in [3.8, 4) is 5.75 Å². The molecule has 2 saturated heterocycles. The summed E-state index contributed by atoms with van der Waals surface area (Å²) in [5.41, 5.74) is 0.920. The van der Waals surface area contributed by atoms with E-state index in [4.69, 9.17) is 9.47 Å². The monoisotopic (exact) mass is 480 g/mol. The first-order chi connectivity index (χ1) is 15.7. The molecule has 1 atom stereocenters. The minimum atomic E-state index is -3.81. The van der Waals surface area contributed by atoms with Gasteiger partial charge in [0.25, 0.3) is 0 Å². The lowest BCUT2D eigenvalue weighted by Crippen LogP contribution is -2.49. The first-order valence-corrected chi connectivity index (χ1v) is 13.3. The van der Waals surface area contributed by atoms with Crippen molar-refractivity contribution < 1.29 is 27.5 Å². The van der Waals surface area contributed by atoms with Gasteiger partial charge in [0.15, 0.2) is 0 Å². The number of methoxy groups -OCH3 is 1. The minimum absolute atomic E-state index is 0.0277. The van der Waals surface area contributed by atoms with Gasteiger partial charge in [0, 0.05) is 26.2 Å². The van der Waals surface area contributed by atoms with Crippen LogP contribution in [-0.4, -0.2) is 69.4 Å². The molecule has 2 aliphatic rings. The highest BCUT2D eigenvalue weighted by Crippen LogP contribution is 2.33. The van der Waals surface area contributed by atoms with Gasteiger partial charge >= 0.3 is 5.97 Å². The zero-order valence-corrected chi connectivity index (χ0v) is 20.9. The molecule has 1 amide bonds. The van der Waals surface area contributed by atoms with Gasteiger partial charge in [0.2, 0.25) is 15.9 Å². The fourth-order valence-corrected chi connectivity index (χ4v) is 6.32. The van der Waals surface area contributed by atoms with Crippen LogP contribution >= 0.6 is 0 Å². The van der Waals surface area contributed by atoms with Crippen LogP contribution in [0.15, 0.2) is 23.1 Å². The SMILES string of the molecule is CCOC(=O)C1CCN(C(=O)[C@@H]2CCCN(S(=O)(=O)c3cc(C(C)C)ccc3OC)C2)CC1. The van der Waals surface area contributed by atoms with Crippen molar-refractivity contribution in [1.82, 2.24) is 9.21 Å². The summed E-state index contributed by atoms with van der Waals surface area (Å²) in [5, 5.41) is 0. The summed E-state index contributed by atoms with van der Waals surface area (Å²) in [5.74, 6) is -0.283. The molecular weight excluding hydrogens is 444 g/mol. The second-order valence-corrected chi connectivity index (χ2v) is 11.0. The number of benzene rings is 1. The number of sulfonamides is 1. The summed E-state index contributed by atoms with van der Waals surface area (Å²) < 4.78 is 39.0. The van der Waals surface area contributed by atoms with Crippen LogP contribution in [0.5, 0.6) is 5.75 Å². The maximum atomic E-state index is 13.5. The molecule has 0 spiro atoms. The first-order valence-electron chi connectivity index (χ1n) is 11.8. The van der Waals surface area contributed by atoms with E-state index in [0.717, 1.165) is 5.56 Å². The molecule has 9 heteroatoms. The van der Waals surface area contributed by atoms with Gasteiger partial charge in [-0.25, -0.2) is 8.42 Å². The molecule has 184 valence electrons. The van der Waals surface area contributed by atoms with Crippen LogP contribution in [-0.2, 0) is 24.3 Å². The van der Waals surface area contributed by atoms with Crippen molar-refractivity contribution in [3.63, 3.8) is 0 Å². The Morgan fingerprint density at radius 1 is 1.09 bits per heavy atom. The molecule has 3 rings (SSSR count). The topological polar surface area (TPSA) is 93.2 Å². The number of esters is 1. The molecule has 2 aliphatic heterocycles. The number of nitrogens with zero attached hydrogens (tertiary/aromatic N) is 2. The summed E-state index contributed by atoms with van der Waals surface area (Å²) in [6.07, 6.45) is 2.45. The van der Waals surface area contributed by atoms with Gasteiger partial charge in [-0.2, -0.15) is 4.31 Å². The van der Waals surface area contributed by atoms with E-state index in [1.807, 2.05) is 19.9 Å². The van der Waals surface area contributed by atoms with Crippen molar-refractivity contribution in [2.75, 3.05) is 39.9 Å². The zero-order valence-electron chi connectivity index (χ0n) is 20.1. The zero-order chi connectivity index (χ0) is 24.2. The summed E-state index contributed by atoms with van der Waals surface area (Å²) in [6, 6.07) is 5.26. The van der Waals surface area contributed by atoms with Crippen molar-refractivity contribution in [1.29, 1.82) is 0 Å². The van der Waals surface area contributed by atoms with Gasteiger partial charge in [-0.05, 0) is 56.2 Å². The summed E-state index contributed by atoms with van der Waals surface area (Å²) >= 11 is 0. The first kappa shape index (κ1) is 25.5. The Balaban J connectivity index is 1.71. The van der Waals surface area contributed by atoms with Crippen molar-refractivity contribution in [2.45, 2.75) is 57.3 Å². The van der Waals surface area contributed by atoms with Crippen molar-refractivity contribution >= 4 is 21.9 Å². The van der Waals surface area contributed by atoms with Crippen LogP contribution in [0, 0.1) is 11.8 Å². The van der Waals surface area contributed by atoms with E-state index in [-0.39, 0.29) is 41.1 Å². The molecule has 0 radical (unpaired) electrons. The van der Waals surface area contributed by atoms with E-state index < -0.39 is 10.0 Å². The number of carbonyl (C=O) groups is 2. The Labute approximate surface area is 197 Å². The average molecular weight is 481 g/mol. The van der Waals surface area contributed by atoms with E-state index in [0.29, 0.717) is 57.7 Å². The molecule has 0 aromatic heterocycles. The third-order valence-electron chi connectivity index (χ3n) is 6.63. The smallest absolute Gasteiger partial charge is 0.309 e. The van der Waals surface area contributed by atoms with Crippen LogP contribution in [0.4, 0.5) is 0 Å². The maximum absolute atomic E-state index is 13.5. The number of amides is 1. The van der Waals surface area contributed by atoms with Crippen molar-refractivity contribution in [2.24, 2.45) is 11.8 Å². The summed E-state index contributed by atoms with van der Waals surface area (Å²) in [4.78, 5) is 27.1. The Bertz CT molecular complexity index is 954. The summed E-state index contributed by atoms with van der Waals surface area (Å²) in [7, 11) is -2.34. The number of hydrogen-bond donors (Lipinski definition) is 0. The lowest BCUT2D eigenvalue weighted by atomic mass is 9.93. The number of ether oxygens (including phenoxy) is 2. The van der Waals surface area contributed by atoms with Crippen LogP contribution in [0.3, 0.4) is 0 Å². The standard InChI is InChI=1S/C24H36N2O6S/c1-5-32-24(28)18-10-13-25(14-11-18)23(27)20-7-6-12-26(16-20)33(29,30)22-15-19(17(2)3)8-9-21(22)31-4/h8-9,15,17-18,20H,5-7,10-14,16H2,1-4H3/t20-/m1/s1. The highest BCUT2D eigenvalue weighted by atomic mass is 32.2. The van der Waals surface area contributed by atoms with E-state index in [9.17, 15) is 18.0 Å². The van der Waals surface area contributed by atoms with E-state index >= 15 is 0 Å². The van der Waals surface area contributed by atoms with Gasteiger partial charge in [-0.1, -0.05) is 19.9 Å².